The highest BCUT2D eigenvalue weighted by atomic mass is 15.2. The molecule has 3 aliphatic rings. The molecule has 1 heteroatoms. The Kier molecular flexibility index (Phi) is 1.52. The Morgan fingerprint density at radius 3 is 3.00 bits per heavy atom. The summed E-state index contributed by atoms with van der Waals surface area (Å²) in [7, 11) is 0. The zero-order chi connectivity index (χ0) is 8.13. The van der Waals surface area contributed by atoms with Crippen molar-refractivity contribution in [2.45, 2.75) is 51.1 Å². The van der Waals surface area contributed by atoms with Gasteiger partial charge in [-0.2, -0.15) is 0 Å². The Bertz CT molecular complexity index is 189. The van der Waals surface area contributed by atoms with E-state index < -0.39 is 0 Å². The fraction of sp³-hybridized carbons (Fsp3) is 1.00. The van der Waals surface area contributed by atoms with Crippen LogP contribution in [0.25, 0.3) is 0 Å². The quantitative estimate of drug-likeness (QED) is 0.532. The molecule has 0 N–H and O–H groups in total. The summed E-state index contributed by atoms with van der Waals surface area (Å²) in [5.41, 5.74) is 0. The predicted octanol–water partition coefficient (Wildman–Crippen LogP) is 2.27. The second-order valence-corrected chi connectivity index (χ2v) is 5.17. The first kappa shape index (κ1) is 7.37. The first-order valence-corrected chi connectivity index (χ1v) is 5.60. The van der Waals surface area contributed by atoms with Crippen LogP contribution in [-0.2, 0) is 0 Å². The average molecular weight is 165 g/mol. The van der Waals surface area contributed by atoms with E-state index in [9.17, 15) is 0 Å². The van der Waals surface area contributed by atoms with Gasteiger partial charge in [0.2, 0.25) is 0 Å². The second-order valence-electron chi connectivity index (χ2n) is 5.17. The van der Waals surface area contributed by atoms with Crippen LogP contribution in [0.1, 0.15) is 39.0 Å². The highest BCUT2D eigenvalue weighted by Gasteiger charge is 2.46. The van der Waals surface area contributed by atoms with E-state index in [1.54, 1.807) is 0 Å². The molecule has 3 fully saturated rings. The third-order valence-corrected chi connectivity index (χ3v) is 4.32. The van der Waals surface area contributed by atoms with E-state index in [0.717, 1.165) is 23.9 Å². The molecule has 2 saturated heterocycles. The van der Waals surface area contributed by atoms with Crippen LogP contribution in [0.5, 0.6) is 0 Å². The van der Waals surface area contributed by atoms with Crippen molar-refractivity contribution in [3.8, 4) is 0 Å². The highest BCUT2D eigenvalue weighted by Crippen LogP contribution is 2.46. The van der Waals surface area contributed by atoms with Gasteiger partial charge < -0.3 is 0 Å². The van der Waals surface area contributed by atoms with Crippen LogP contribution in [-0.4, -0.2) is 23.5 Å². The molecular weight excluding hydrogens is 146 g/mol. The smallest absolute Gasteiger partial charge is 0.0130 e. The average Bonchev–Trinajstić information content (AvgIpc) is 2.59. The monoisotopic (exact) mass is 165 g/mol. The minimum atomic E-state index is 1.01. The van der Waals surface area contributed by atoms with Crippen LogP contribution in [0.2, 0.25) is 0 Å². The lowest BCUT2D eigenvalue weighted by atomic mass is 9.99. The summed E-state index contributed by atoms with van der Waals surface area (Å²) in [5, 5.41) is 0. The molecule has 3 rings (SSSR count). The molecule has 0 spiro atoms. The molecule has 0 aromatic rings. The normalized spacial score (nSPS) is 52.8. The van der Waals surface area contributed by atoms with Crippen molar-refractivity contribution in [2.24, 2.45) is 11.8 Å². The molecule has 68 valence electrons. The molecule has 0 aromatic carbocycles. The lowest BCUT2D eigenvalue weighted by molar-refractivity contribution is 0.231. The molecule has 12 heavy (non-hydrogen) atoms. The van der Waals surface area contributed by atoms with E-state index in [1.165, 1.54) is 38.6 Å². The Labute approximate surface area is 75.1 Å². The van der Waals surface area contributed by atoms with Gasteiger partial charge in [-0.05, 0) is 50.5 Å². The molecule has 1 saturated carbocycles. The molecule has 1 aliphatic carbocycles. The lowest BCUT2D eigenvalue weighted by Crippen LogP contribution is -2.31. The standard InChI is InChI=1S/C11H19N/c1-8-5-9-7-10-3-2-4-12(10)11(9)6-8/h8-11H,2-7H2,1H3/t8-,9-,10+,11+/m1/s1. The third-order valence-electron chi connectivity index (χ3n) is 4.32. The van der Waals surface area contributed by atoms with Crippen molar-refractivity contribution in [3.05, 3.63) is 0 Å². The largest absolute Gasteiger partial charge is 0.297 e. The molecule has 2 aliphatic heterocycles. The fourth-order valence-corrected chi connectivity index (χ4v) is 3.93. The van der Waals surface area contributed by atoms with Gasteiger partial charge in [-0.3, -0.25) is 4.90 Å². The van der Waals surface area contributed by atoms with Crippen molar-refractivity contribution in [1.29, 1.82) is 0 Å². The highest BCUT2D eigenvalue weighted by molar-refractivity contribution is 5.01. The number of fused-ring (bicyclic) bond motifs is 3. The van der Waals surface area contributed by atoms with Gasteiger partial charge in [0, 0.05) is 12.1 Å². The second kappa shape index (κ2) is 2.47. The molecule has 0 radical (unpaired) electrons. The van der Waals surface area contributed by atoms with E-state index >= 15 is 0 Å². The maximum Gasteiger partial charge on any atom is 0.0130 e. The number of nitrogens with zero attached hydrogens (tertiary/aromatic N) is 1. The summed E-state index contributed by atoms with van der Waals surface area (Å²) in [5.74, 6) is 2.10. The Morgan fingerprint density at radius 2 is 2.08 bits per heavy atom. The van der Waals surface area contributed by atoms with Gasteiger partial charge in [0.15, 0.2) is 0 Å². The molecule has 0 unspecified atom stereocenters. The van der Waals surface area contributed by atoms with Crippen LogP contribution in [0.4, 0.5) is 0 Å². The molecule has 4 atom stereocenters. The predicted molar refractivity (Wildman–Crippen MR) is 50.0 cm³/mol. The van der Waals surface area contributed by atoms with Crippen LogP contribution in [0, 0.1) is 11.8 Å². The van der Waals surface area contributed by atoms with E-state index in [2.05, 4.69) is 11.8 Å². The number of hydrogen-bond acceptors (Lipinski definition) is 1. The zero-order valence-electron chi connectivity index (χ0n) is 8.00. The Balaban J connectivity index is 1.80. The minimum absolute atomic E-state index is 1.01. The van der Waals surface area contributed by atoms with Gasteiger partial charge in [0.1, 0.15) is 0 Å². The van der Waals surface area contributed by atoms with Gasteiger partial charge in [-0.25, -0.2) is 0 Å². The van der Waals surface area contributed by atoms with Crippen molar-refractivity contribution in [3.63, 3.8) is 0 Å². The lowest BCUT2D eigenvalue weighted by Gasteiger charge is -2.22. The topological polar surface area (TPSA) is 3.24 Å². The summed E-state index contributed by atoms with van der Waals surface area (Å²) in [4.78, 5) is 2.83. The van der Waals surface area contributed by atoms with Crippen molar-refractivity contribution in [1.82, 2.24) is 4.90 Å². The molecule has 0 bridgehead atoms. The van der Waals surface area contributed by atoms with E-state index in [4.69, 9.17) is 0 Å². The summed E-state index contributed by atoms with van der Waals surface area (Å²) < 4.78 is 0. The molecule has 0 aromatic heterocycles. The van der Waals surface area contributed by atoms with Gasteiger partial charge in [-0.1, -0.05) is 6.92 Å². The summed E-state index contributed by atoms with van der Waals surface area (Å²) in [6, 6.07) is 2.01. The maximum atomic E-state index is 2.83. The SMILES string of the molecule is C[C@@H]1C[C@@H]2C[C@@H]3CCCN3[C@H]2C1. The van der Waals surface area contributed by atoms with Gasteiger partial charge >= 0.3 is 0 Å². The van der Waals surface area contributed by atoms with E-state index in [1.807, 2.05) is 0 Å². The van der Waals surface area contributed by atoms with Gasteiger partial charge in [0.05, 0.1) is 0 Å². The molecule has 1 nitrogen and oxygen atoms in total. The first-order chi connectivity index (χ1) is 5.84. The summed E-state index contributed by atoms with van der Waals surface area (Å²) >= 11 is 0. The van der Waals surface area contributed by atoms with Crippen LogP contribution >= 0.6 is 0 Å². The van der Waals surface area contributed by atoms with Crippen LogP contribution in [0.15, 0.2) is 0 Å². The zero-order valence-corrected chi connectivity index (χ0v) is 8.00. The number of hydrogen-bond donors (Lipinski definition) is 0. The fourth-order valence-electron chi connectivity index (χ4n) is 3.93. The minimum Gasteiger partial charge on any atom is -0.297 e. The maximum absolute atomic E-state index is 2.83. The number of rotatable bonds is 0. The molecule has 0 amide bonds. The molecule has 2 heterocycles. The van der Waals surface area contributed by atoms with Gasteiger partial charge in [0.25, 0.3) is 0 Å². The van der Waals surface area contributed by atoms with Crippen molar-refractivity contribution < 1.29 is 0 Å². The van der Waals surface area contributed by atoms with E-state index in [-0.39, 0.29) is 0 Å². The van der Waals surface area contributed by atoms with Crippen LogP contribution in [0.3, 0.4) is 0 Å². The Morgan fingerprint density at radius 1 is 1.17 bits per heavy atom. The van der Waals surface area contributed by atoms with Crippen molar-refractivity contribution >= 4 is 0 Å². The summed E-state index contributed by atoms with van der Waals surface area (Å²) in [6.07, 6.45) is 7.54. The Hall–Kier alpha value is -0.0400. The first-order valence-electron chi connectivity index (χ1n) is 5.60. The van der Waals surface area contributed by atoms with Crippen molar-refractivity contribution in [2.75, 3.05) is 6.54 Å². The molecular formula is C11H19N. The summed E-state index contributed by atoms with van der Waals surface area (Å²) in [6.45, 7) is 3.85. The van der Waals surface area contributed by atoms with Crippen LogP contribution < -0.4 is 0 Å². The van der Waals surface area contributed by atoms with Gasteiger partial charge in [-0.15, -0.1) is 0 Å². The third kappa shape index (κ3) is 0.891. The van der Waals surface area contributed by atoms with E-state index in [0.29, 0.717) is 0 Å².